The molecule has 136 valence electrons. The number of aliphatic hydroxyl groups is 2. The Morgan fingerprint density at radius 1 is 1.32 bits per heavy atom. The highest BCUT2D eigenvalue weighted by Gasteiger charge is 2.35. The van der Waals surface area contributed by atoms with E-state index in [0.29, 0.717) is 23.4 Å². The molecular formula is C10H15N5O8P2+2. The second-order valence-corrected chi connectivity index (χ2v) is 6.36. The lowest BCUT2D eigenvalue weighted by atomic mass is 10.2. The minimum Gasteiger partial charge on any atom is -0.394 e. The topological polar surface area (TPSA) is 203 Å². The first kappa shape index (κ1) is 19.6. The molecule has 6 N–H and O–H groups in total. The Morgan fingerprint density at radius 2 is 2.00 bits per heavy atom. The van der Waals surface area contributed by atoms with Gasteiger partial charge in [0.2, 0.25) is 0 Å². The third-order valence-electron chi connectivity index (χ3n) is 3.22. The lowest BCUT2D eigenvalue weighted by molar-refractivity contribution is -0.0432. The van der Waals surface area contributed by atoms with Crippen molar-refractivity contribution >= 4 is 33.5 Å². The zero-order chi connectivity index (χ0) is 18.6. The Labute approximate surface area is 142 Å². The van der Waals surface area contributed by atoms with E-state index in [9.17, 15) is 14.2 Å². The Balaban J connectivity index is 0.000000277. The van der Waals surface area contributed by atoms with Gasteiger partial charge in [-0.1, -0.05) is 0 Å². The highest BCUT2D eigenvalue weighted by atomic mass is 31.2. The summed E-state index contributed by atoms with van der Waals surface area (Å²) in [5, 5.41) is 18.8. The van der Waals surface area contributed by atoms with Gasteiger partial charge in [0.15, 0.2) is 15.8 Å². The summed E-state index contributed by atoms with van der Waals surface area (Å²) in [6.07, 6.45) is 1.60. The van der Waals surface area contributed by atoms with E-state index in [2.05, 4.69) is 19.3 Å². The van der Waals surface area contributed by atoms with Gasteiger partial charge in [0, 0.05) is 15.6 Å². The largest absolute Gasteiger partial charge is 0.745 e. The Kier molecular flexibility index (Phi) is 6.76. The van der Waals surface area contributed by atoms with Crippen molar-refractivity contribution in [3.8, 4) is 0 Å². The number of hydrogen-bond acceptors (Lipinski definition) is 10. The van der Waals surface area contributed by atoms with Gasteiger partial charge in [-0.25, -0.2) is 15.0 Å². The highest BCUT2D eigenvalue weighted by Crippen LogP contribution is 2.31. The summed E-state index contributed by atoms with van der Waals surface area (Å²) in [6, 6.07) is 0. The van der Waals surface area contributed by atoms with Crippen LogP contribution in [0.4, 0.5) is 5.82 Å². The van der Waals surface area contributed by atoms with E-state index in [-0.39, 0.29) is 6.61 Å². The van der Waals surface area contributed by atoms with E-state index in [1.54, 1.807) is 10.9 Å². The number of nitrogen functional groups attached to an aromatic ring is 1. The van der Waals surface area contributed by atoms with Crippen LogP contribution in [0, 0.1) is 0 Å². The molecule has 1 fully saturated rings. The molecular weight excluding hydrogens is 380 g/mol. The molecule has 0 bridgehead atoms. The molecule has 15 heteroatoms. The molecule has 2 aromatic heterocycles. The molecule has 1 saturated heterocycles. The summed E-state index contributed by atoms with van der Waals surface area (Å²) in [5.41, 5.74) is 6.75. The van der Waals surface area contributed by atoms with Crippen LogP contribution in [-0.4, -0.2) is 58.3 Å². The fourth-order valence-electron chi connectivity index (χ4n) is 2.19. The van der Waals surface area contributed by atoms with Crippen molar-refractivity contribution < 1.29 is 38.2 Å². The van der Waals surface area contributed by atoms with Gasteiger partial charge in [0.05, 0.1) is 19.0 Å². The number of nitrogens with zero attached hydrogens (tertiary/aromatic N) is 4. The average Bonchev–Trinajstić information content (AvgIpc) is 3.10. The minimum atomic E-state index is -2.92. The summed E-state index contributed by atoms with van der Waals surface area (Å²) in [4.78, 5) is 27.4. The van der Waals surface area contributed by atoms with Crippen molar-refractivity contribution in [3.05, 3.63) is 12.7 Å². The molecule has 0 aromatic carbocycles. The molecule has 0 radical (unpaired) electrons. The summed E-state index contributed by atoms with van der Waals surface area (Å²) in [5.74, 6) is 0.302. The van der Waals surface area contributed by atoms with Crippen LogP contribution in [0.2, 0.25) is 0 Å². The molecule has 1 aliphatic heterocycles. The molecule has 0 saturated carbocycles. The number of aromatic nitrogens is 4. The van der Waals surface area contributed by atoms with Crippen LogP contribution in [0.1, 0.15) is 12.6 Å². The number of nitrogens with two attached hydrogens (primary N) is 1. The number of hydrogen-bond donors (Lipinski definition) is 5. The van der Waals surface area contributed by atoms with Crippen LogP contribution >= 0.6 is 16.5 Å². The number of ether oxygens (including phenoxy) is 1. The van der Waals surface area contributed by atoms with Gasteiger partial charge in [0.25, 0.3) is 0 Å². The average molecular weight is 395 g/mol. The first-order chi connectivity index (χ1) is 11.8. The molecule has 0 spiro atoms. The molecule has 25 heavy (non-hydrogen) atoms. The maximum absolute atomic E-state index is 9.71. The van der Waals surface area contributed by atoms with Crippen molar-refractivity contribution in [2.75, 3.05) is 12.3 Å². The van der Waals surface area contributed by atoms with Crippen LogP contribution in [0.3, 0.4) is 0 Å². The summed E-state index contributed by atoms with van der Waals surface area (Å²) in [6.45, 7) is -0.221. The maximum atomic E-state index is 9.71. The lowest BCUT2D eigenvalue weighted by Crippen LogP contribution is -2.24. The lowest BCUT2D eigenvalue weighted by Gasteiger charge is -2.13. The van der Waals surface area contributed by atoms with Crippen LogP contribution in [0.5, 0.6) is 0 Å². The first-order valence-corrected chi connectivity index (χ1v) is 8.97. The number of fused-ring (bicyclic) bond motifs is 1. The molecule has 0 aliphatic carbocycles. The Hall–Kier alpha value is -1.69. The molecule has 5 atom stereocenters. The van der Waals surface area contributed by atoms with E-state index in [1.807, 2.05) is 0 Å². The molecule has 13 nitrogen and oxygen atoms in total. The van der Waals surface area contributed by atoms with E-state index < -0.39 is 34.9 Å². The number of rotatable bonds is 4. The summed E-state index contributed by atoms with van der Waals surface area (Å²) in [7, 11) is -5.85. The van der Waals surface area contributed by atoms with E-state index in [1.165, 1.54) is 6.33 Å². The van der Waals surface area contributed by atoms with Crippen molar-refractivity contribution in [3.63, 3.8) is 0 Å². The van der Waals surface area contributed by atoms with Crippen molar-refractivity contribution in [2.24, 2.45) is 0 Å². The number of anilines is 1. The normalized spacial score (nSPS) is 23.9. The first-order valence-electron chi connectivity index (χ1n) is 6.71. The van der Waals surface area contributed by atoms with Crippen molar-refractivity contribution in [1.29, 1.82) is 0 Å². The van der Waals surface area contributed by atoms with Gasteiger partial charge in [-0.2, -0.15) is 0 Å². The molecule has 2 unspecified atom stereocenters. The predicted octanol–water partition coefficient (Wildman–Crippen LogP) is -0.648. The number of aliphatic hydroxyl groups excluding tert-OH is 2. The predicted molar refractivity (Wildman–Crippen MR) is 82.1 cm³/mol. The monoisotopic (exact) mass is 395 g/mol. The van der Waals surface area contributed by atoms with E-state index >= 15 is 0 Å². The van der Waals surface area contributed by atoms with E-state index in [4.69, 9.17) is 25.4 Å². The second-order valence-electron chi connectivity index (χ2n) is 4.76. The third-order valence-corrected chi connectivity index (χ3v) is 4.34. The molecule has 2 aromatic rings. The summed E-state index contributed by atoms with van der Waals surface area (Å²) >= 11 is 0. The highest BCUT2D eigenvalue weighted by molar-refractivity contribution is 7.46. The standard InChI is InChI=1S/C10H13N5O3.O5P2/c11-9-8-10(13-3-12-9)15(4-14-8)7-1-5(17)6(2-16)18-7;1-6(2)5-7(3)4/h3-7,16-17H,1-2H2,(H2,11,12,13);/p+2/t5-,6+,7+;/m0./s1. The molecule has 3 rings (SSSR count). The second kappa shape index (κ2) is 8.61. The zero-order valence-electron chi connectivity index (χ0n) is 12.5. The van der Waals surface area contributed by atoms with Crippen LogP contribution in [-0.2, 0) is 18.2 Å². The Bertz CT molecular complexity index is 761. The van der Waals surface area contributed by atoms with Gasteiger partial charge in [-0.3, -0.25) is 4.57 Å². The van der Waals surface area contributed by atoms with Gasteiger partial charge in [-0.15, -0.1) is 9.79 Å². The quantitative estimate of drug-likeness (QED) is 0.410. The van der Waals surface area contributed by atoms with Crippen LogP contribution in [0.25, 0.3) is 11.2 Å². The fraction of sp³-hybridized carbons (Fsp3) is 0.500. The van der Waals surface area contributed by atoms with Gasteiger partial charge >= 0.3 is 16.5 Å². The molecule has 1 aliphatic rings. The van der Waals surface area contributed by atoms with Gasteiger partial charge in [-0.05, 0) is 0 Å². The van der Waals surface area contributed by atoms with Gasteiger partial charge < -0.3 is 20.7 Å². The van der Waals surface area contributed by atoms with Crippen LogP contribution in [0.15, 0.2) is 12.7 Å². The van der Waals surface area contributed by atoms with Gasteiger partial charge in [0.1, 0.15) is 24.2 Å². The fourth-order valence-corrected chi connectivity index (χ4v) is 2.67. The smallest absolute Gasteiger partial charge is 0.394 e. The van der Waals surface area contributed by atoms with E-state index in [0.717, 1.165) is 0 Å². The SMILES string of the molecule is Nc1ncnc2c1ncn2[C@H]1C[C@H](O)[C@@H](CO)O1.O=[P+](O)O[P+](=O)O. The van der Waals surface area contributed by atoms with Crippen molar-refractivity contribution in [1.82, 2.24) is 19.5 Å². The Morgan fingerprint density at radius 3 is 2.52 bits per heavy atom. The molecule has 0 amide bonds. The van der Waals surface area contributed by atoms with Crippen molar-refractivity contribution in [2.45, 2.75) is 24.9 Å². The third kappa shape index (κ3) is 4.91. The number of imidazole rings is 1. The molecule has 3 heterocycles. The summed E-state index contributed by atoms with van der Waals surface area (Å²) < 4.78 is 29.4. The minimum absolute atomic E-state index is 0.221. The zero-order valence-corrected chi connectivity index (χ0v) is 14.3. The maximum Gasteiger partial charge on any atom is 0.745 e. The van der Waals surface area contributed by atoms with Crippen LogP contribution < -0.4 is 5.73 Å².